The van der Waals surface area contributed by atoms with Crippen LogP contribution in [0.4, 0.5) is 4.79 Å². The molecule has 2 heterocycles. The van der Waals surface area contributed by atoms with Gasteiger partial charge in [0.05, 0.1) is 0 Å². The van der Waals surface area contributed by atoms with Crippen LogP contribution in [0.3, 0.4) is 0 Å². The third kappa shape index (κ3) is 5.00. The summed E-state index contributed by atoms with van der Waals surface area (Å²) in [5.41, 5.74) is 2.27. The molecule has 0 radical (unpaired) electrons. The number of benzene rings is 1. The summed E-state index contributed by atoms with van der Waals surface area (Å²) in [6, 6.07) is 14.1. The Morgan fingerprint density at radius 2 is 1.83 bits per heavy atom. The van der Waals surface area contributed by atoms with E-state index >= 15 is 0 Å². The second kappa shape index (κ2) is 8.31. The predicted octanol–water partition coefficient (Wildman–Crippen LogP) is 4.07. The van der Waals surface area contributed by atoms with Crippen LogP contribution in [0.2, 0.25) is 0 Å². The smallest absolute Gasteiger partial charge is 0.407 e. The Morgan fingerprint density at radius 1 is 1.14 bits per heavy atom. The van der Waals surface area contributed by atoms with Crippen LogP contribution in [0.5, 0.6) is 0 Å². The minimum Gasteiger partial charge on any atom is -0.444 e. The van der Waals surface area contributed by atoms with Crippen LogP contribution in [0.1, 0.15) is 44.6 Å². The van der Waals surface area contributed by atoms with Gasteiger partial charge in [-0.1, -0.05) is 30.3 Å². The molecule has 0 unspecified atom stereocenters. The molecule has 3 rings (SSSR count). The number of likely N-dealkylation sites (tertiary alicyclic amines) is 1. The molecule has 2 aromatic rings. The lowest BCUT2D eigenvalue weighted by Crippen LogP contribution is -2.37. The Balaban J connectivity index is 1.63. The Labute approximate surface area is 172 Å². The number of nitrogens with one attached hydrogen (secondary N) is 1. The zero-order valence-corrected chi connectivity index (χ0v) is 17.9. The molecule has 1 aliphatic heterocycles. The zero-order valence-electron chi connectivity index (χ0n) is 17.9. The number of carbonyl (C=O) groups excluding carboxylic acids is 2. The second-order valence-corrected chi connectivity index (χ2v) is 8.82. The molecule has 1 N–H and O–H groups in total. The van der Waals surface area contributed by atoms with Gasteiger partial charge in [0, 0.05) is 31.9 Å². The van der Waals surface area contributed by atoms with Gasteiger partial charge in [0.15, 0.2) is 0 Å². The first-order chi connectivity index (χ1) is 13.7. The molecule has 0 bridgehead atoms. The summed E-state index contributed by atoms with van der Waals surface area (Å²) in [7, 11) is 1.93. The van der Waals surface area contributed by atoms with Gasteiger partial charge < -0.3 is 19.5 Å². The average Bonchev–Trinajstić information content (AvgIpc) is 3.21. The Hall–Kier alpha value is -2.76. The van der Waals surface area contributed by atoms with E-state index in [4.69, 9.17) is 4.74 Å². The van der Waals surface area contributed by atoms with Crippen molar-refractivity contribution in [3.05, 3.63) is 48.2 Å². The van der Waals surface area contributed by atoms with Crippen molar-refractivity contribution in [2.45, 2.75) is 45.8 Å². The molecule has 1 saturated heterocycles. The summed E-state index contributed by atoms with van der Waals surface area (Å²) in [5, 5.41) is 2.83. The molecule has 1 aromatic heterocycles. The van der Waals surface area contributed by atoms with Gasteiger partial charge in [0.1, 0.15) is 11.3 Å². The fourth-order valence-corrected chi connectivity index (χ4v) is 3.89. The lowest BCUT2D eigenvalue weighted by Gasteiger charge is -2.22. The summed E-state index contributed by atoms with van der Waals surface area (Å²) in [4.78, 5) is 27.0. The van der Waals surface area contributed by atoms with Gasteiger partial charge in [-0.2, -0.15) is 0 Å². The van der Waals surface area contributed by atoms with Crippen molar-refractivity contribution < 1.29 is 14.3 Å². The highest BCUT2D eigenvalue weighted by Gasteiger charge is 2.34. The maximum atomic E-state index is 13.2. The van der Waals surface area contributed by atoms with Gasteiger partial charge in [-0.15, -0.1) is 0 Å². The molecule has 2 amide bonds. The number of aromatic nitrogens is 1. The van der Waals surface area contributed by atoms with Crippen molar-refractivity contribution in [2.75, 3.05) is 13.1 Å². The first-order valence-corrected chi connectivity index (χ1v) is 10.1. The summed E-state index contributed by atoms with van der Waals surface area (Å²) in [6.45, 7) is 8.72. The standard InChI is InChI=1S/C23H31N3O3/c1-16-13-17(14-24-22(28)29-23(2,3)4)15-26(16)21(27)20-12-11-19(25(20)5)18-9-7-6-8-10-18/h6-12,16-17H,13-15H2,1-5H3,(H,24,28)/t16-,17+/m0/s1. The lowest BCUT2D eigenvalue weighted by atomic mass is 10.1. The zero-order chi connectivity index (χ0) is 21.2. The quantitative estimate of drug-likeness (QED) is 0.846. The number of hydrogen-bond acceptors (Lipinski definition) is 3. The summed E-state index contributed by atoms with van der Waals surface area (Å²) in [5.74, 6) is 0.247. The molecule has 1 aliphatic rings. The predicted molar refractivity (Wildman–Crippen MR) is 114 cm³/mol. The molecule has 0 spiro atoms. The van der Waals surface area contributed by atoms with Crippen LogP contribution in [-0.4, -0.2) is 46.2 Å². The van der Waals surface area contributed by atoms with Crippen LogP contribution in [0, 0.1) is 5.92 Å². The highest BCUT2D eigenvalue weighted by atomic mass is 16.6. The number of ether oxygens (including phenoxy) is 1. The van der Waals surface area contributed by atoms with E-state index in [0.717, 1.165) is 17.7 Å². The van der Waals surface area contributed by atoms with Crippen LogP contribution in [0.15, 0.2) is 42.5 Å². The van der Waals surface area contributed by atoms with Gasteiger partial charge in [-0.25, -0.2) is 4.79 Å². The molecule has 1 fully saturated rings. The molecule has 156 valence electrons. The van der Waals surface area contributed by atoms with E-state index < -0.39 is 11.7 Å². The van der Waals surface area contributed by atoms with Gasteiger partial charge >= 0.3 is 6.09 Å². The van der Waals surface area contributed by atoms with Crippen molar-refractivity contribution in [3.63, 3.8) is 0 Å². The first kappa shape index (κ1) is 21.0. The van der Waals surface area contributed by atoms with Crippen LogP contribution in [0.25, 0.3) is 11.3 Å². The number of amides is 2. The van der Waals surface area contributed by atoms with Gasteiger partial charge in [0.2, 0.25) is 0 Å². The molecule has 6 heteroatoms. The van der Waals surface area contributed by atoms with E-state index in [9.17, 15) is 9.59 Å². The number of carbonyl (C=O) groups is 2. The highest BCUT2D eigenvalue weighted by molar-refractivity contribution is 5.94. The number of nitrogens with zero attached hydrogens (tertiary/aromatic N) is 2. The maximum Gasteiger partial charge on any atom is 0.407 e. The first-order valence-electron chi connectivity index (χ1n) is 10.1. The lowest BCUT2D eigenvalue weighted by molar-refractivity contribution is 0.0520. The summed E-state index contributed by atoms with van der Waals surface area (Å²) in [6.07, 6.45) is 0.446. The SMILES string of the molecule is C[C@H]1C[C@H](CNC(=O)OC(C)(C)C)CN1C(=O)c1ccc(-c2ccccc2)n1C. The molecule has 29 heavy (non-hydrogen) atoms. The van der Waals surface area contributed by atoms with Crippen molar-refractivity contribution in [2.24, 2.45) is 13.0 Å². The fourth-order valence-electron chi connectivity index (χ4n) is 3.89. The Morgan fingerprint density at radius 3 is 2.48 bits per heavy atom. The number of hydrogen-bond donors (Lipinski definition) is 1. The van der Waals surface area contributed by atoms with Gasteiger partial charge in [0.25, 0.3) is 5.91 Å². The summed E-state index contributed by atoms with van der Waals surface area (Å²) < 4.78 is 7.25. The Bertz CT molecular complexity index is 867. The summed E-state index contributed by atoms with van der Waals surface area (Å²) >= 11 is 0. The van der Waals surface area contributed by atoms with Crippen molar-refractivity contribution in [3.8, 4) is 11.3 Å². The van der Waals surface area contributed by atoms with Crippen LogP contribution >= 0.6 is 0 Å². The van der Waals surface area contributed by atoms with Crippen molar-refractivity contribution >= 4 is 12.0 Å². The minimum absolute atomic E-state index is 0.0296. The Kier molecular flexibility index (Phi) is 6.01. The number of alkyl carbamates (subject to hydrolysis) is 1. The topological polar surface area (TPSA) is 63.6 Å². The fraction of sp³-hybridized carbons (Fsp3) is 0.478. The third-order valence-electron chi connectivity index (χ3n) is 5.27. The van der Waals surface area contributed by atoms with Crippen LogP contribution < -0.4 is 5.32 Å². The van der Waals surface area contributed by atoms with E-state index in [0.29, 0.717) is 18.8 Å². The van der Waals surface area contributed by atoms with Crippen molar-refractivity contribution in [1.82, 2.24) is 14.8 Å². The highest BCUT2D eigenvalue weighted by Crippen LogP contribution is 2.27. The van der Waals surface area contributed by atoms with Crippen LogP contribution in [-0.2, 0) is 11.8 Å². The van der Waals surface area contributed by atoms with Crippen molar-refractivity contribution in [1.29, 1.82) is 0 Å². The molecule has 0 saturated carbocycles. The third-order valence-corrected chi connectivity index (χ3v) is 5.27. The van der Waals surface area contributed by atoms with E-state index in [1.54, 1.807) is 0 Å². The monoisotopic (exact) mass is 397 g/mol. The number of rotatable bonds is 4. The molecule has 1 aromatic carbocycles. The molecule has 0 aliphatic carbocycles. The molecular formula is C23H31N3O3. The van der Waals surface area contributed by atoms with Gasteiger partial charge in [-0.3, -0.25) is 4.79 Å². The second-order valence-electron chi connectivity index (χ2n) is 8.82. The average molecular weight is 398 g/mol. The normalized spacial score (nSPS) is 19.3. The van der Waals surface area contributed by atoms with E-state index in [1.807, 2.05) is 79.8 Å². The largest absolute Gasteiger partial charge is 0.444 e. The van der Waals surface area contributed by atoms with Gasteiger partial charge in [-0.05, 0) is 57.7 Å². The molecular weight excluding hydrogens is 366 g/mol. The van der Waals surface area contributed by atoms with E-state index in [-0.39, 0.29) is 17.9 Å². The van der Waals surface area contributed by atoms with E-state index in [2.05, 4.69) is 12.2 Å². The molecule has 6 nitrogen and oxygen atoms in total. The molecule has 2 atom stereocenters. The minimum atomic E-state index is -0.516. The van der Waals surface area contributed by atoms with E-state index in [1.165, 1.54) is 0 Å². The maximum absolute atomic E-state index is 13.2.